The Bertz CT molecular complexity index is 242. The summed E-state index contributed by atoms with van der Waals surface area (Å²) in [6.07, 6.45) is 0. The summed E-state index contributed by atoms with van der Waals surface area (Å²) in [7, 11) is 0. The van der Waals surface area contributed by atoms with Gasteiger partial charge in [0, 0.05) is 17.7 Å². The van der Waals surface area contributed by atoms with E-state index in [0.717, 1.165) is 5.33 Å². The second-order valence-corrected chi connectivity index (χ2v) is 5.45. The average Bonchev–Trinajstić information content (AvgIpc) is 2.45. The van der Waals surface area contributed by atoms with Gasteiger partial charge in [-0.2, -0.15) is 0 Å². The highest BCUT2D eigenvalue weighted by atomic mass is 79.9. The van der Waals surface area contributed by atoms with Crippen molar-refractivity contribution in [3.05, 3.63) is 11.1 Å². The Labute approximate surface area is 99.1 Å². The van der Waals surface area contributed by atoms with E-state index in [1.54, 1.807) is 0 Å². The van der Waals surface area contributed by atoms with Crippen molar-refractivity contribution in [2.45, 2.75) is 11.6 Å². The van der Waals surface area contributed by atoms with E-state index in [9.17, 15) is 0 Å². The van der Waals surface area contributed by atoms with E-state index in [1.807, 2.05) is 23.5 Å². The fourth-order valence-electron chi connectivity index (χ4n) is 1.04. The summed E-state index contributed by atoms with van der Waals surface area (Å²) < 4.78 is 0.530. The van der Waals surface area contributed by atoms with E-state index >= 15 is 0 Å². The third kappa shape index (κ3) is 1.86. The number of hydrogen-bond acceptors (Lipinski definition) is 3. The molecule has 12 heavy (non-hydrogen) atoms. The molecule has 2 aliphatic rings. The molecule has 68 valence electrons. The minimum Gasteiger partial charge on any atom is -1.00 e. The van der Waals surface area contributed by atoms with Crippen molar-refractivity contribution < 1.29 is 22.1 Å². The molecule has 0 aromatic rings. The van der Waals surface area contributed by atoms with Gasteiger partial charge in [0.25, 0.3) is 0 Å². The van der Waals surface area contributed by atoms with Crippen LogP contribution >= 0.6 is 39.5 Å². The predicted molar refractivity (Wildman–Crippen MR) is 54.3 cm³/mol. The van der Waals surface area contributed by atoms with Gasteiger partial charge in [0.05, 0.1) is 5.70 Å². The molecule has 0 amide bonds. The maximum absolute atomic E-state index is 3.45. The van der Waals surface area contributed by atoms with Gasteiger partial charge in [-0.3, -0.25) is 0 Å². The first-order valence-electron chi connectivity index (χ1n) is 3.28. The van der Waals surface area contributed by atoms with Gasteiger partial charge < -0.3 is 17.0 Å². The molecule has 2 rings (SSSR count). The highest BCUT2D eigenvalue weighted by molar-refractivity contribution is 9.09. The number of alkyl halides is 1. The zero-order chi connectivity index (χ0) is 7.84. The third-order valence-corrected chi connectivity index (χ3v) is 4.44. The Morgan fingerprint density at radius 3 is 3.17 bits per heavy atom. The standard InChI is InChI=1S/C6H7BrN2S2.BrH/c1-4-8-9-5(2-7)3-10-6(9)11-4;/h3,6H,2H2,1H3;1H. The smallest absolute Gasteiger partial charge is 0.237 e. The summed E-state index contributed by atoms with van der Waals surface area (Å²) in [4.78, 5) is 0. The van der Waals surface area contributed by atoms with Crippen LogP contribution in [0.3, 0.4) is 0 Å². The molecule has 6 heteroatoms. The van der Waals surface area contributed by atoms with Crippen LogP contribution < -0.4 is 22.1 Å². The Morgan fingerprint density at radius 1 is 1.75 bits per heavy atom. The Balaban J connectivity index is 0.000000720. The summed E-state index contributed by atoms with van der Waals surface area (Å²) in [6, 6.07) is 0. The van der Waals surface area contributed by atoms with E-state index in [1.165, 1.54) is 10.7 Å². The minimum absolute atomic E-state index is 0. The summed E-state index contributed by atoms with van der Waals surface area (Å²) in [5.41, 5.74) is 1.32. The molecule has 1 atom stereocenters. The average molecular weight is 332 g/mol. The van der Waals surface area contributed by atoms with Crippen LogP contribution in [0.2, 0.25) is 0 Å². The minimum atomic E-state index is 0. The first kappa shape index (κ1) is 10.9. The first-order chi connectivity index (χ1) is 5.31. The Morgan fingerprint density at radius 2 is 2.50 bits per heavy atom. The van der Waals surface area contributed by atoms with Gasteiger partial charge in [-0.15, -0.1) is 10.1 Å². The molecule has 0 aromatic carbocycles. The Hall–Kier alpha value is 0.870. The summed E-state index contributed by atoms with van der Waals surface area (Å²) in [5.74, 6) is 0. The van der Waals surface area contributed by atoms with Crippen LogP contribution in [0.25, 0.3) is 0 Å². The normalized spacial score (nSPS) is 26.2. The number of hydrogen-bond donors (Lipinski definition) is 1. The lowest BCUT2D eigenvalue weighted by Gasteiger charge is -2.07. The van der Waals surface area contributed by atoms with Crippen molar-refractivity contribution >= 4 is 44.5 Å². The topological polar surface area (TPSA) is 17.2 Å². The lowest BCUT2D eigenvalue weighted by molar-refractivity contribution is -0.624. The maximum atomic E-state index is 3.45. The lowest BCUT2D eigenvalue weighted by Crippen LogP contribution is -3.00. The summed E-state index contributed by atoms with van der Waals surface area (Å²) in [6.45, 7) is 2.11. The van der Waals surface area contributed by atoms with E-state index in [-0.39, 0.29) is 17.0 Å². The number of halogens is 2. The maximum Gasteiger partial charge on any atom is 0.237 e. The van der Waals surface area contributed by atoms with E-state index in [0.29, 0.717) is 4.71 Å². The van der Waals surface area contributed by atoms with Gasteiger partial charge in [0.1, 0.15) is 0 Å². The monoisotopic (exact) mass is 330 g/mol. The SMILES string of the molecule is CC1=[NH+]N2C(CBr)=CSC2S1.[Br-]. The molecule has 0 radical (unpaired) electrons. The molecular weight excluding hydrogens is 324 g/mol. The molecular formula is C6H8Br2N2S2. The van der Waals surface area contributed by atoms with Crippen molar-refractivity contribution in [2.24, 2.45) is 0 Å². The summed E-state index contributed by atoms with van der Waals surface area (Å²) >= 11 is 7.19. The van der Waals surface area contributed by atoms with Crippen LogP contribution in [-0.4, -0.2) is 20.1 Å². The van der Waals surface area contributed by atoms with Crippen molar-refractivity contribution in [1.29, 1.82) is 0 Å². The largest absolute Gasteiger partial charge is 1.00 e. The summed E-state index contributed by atoms with van der Waals surface area (Å²) in [5, 5.41) is 9.93. The fraction of sp³-hybridized carbons (Fsp3) is 0.500. The van der Waals surface area contributed by atoms with E-state index in [4.69, 9.17) is 0 Å². The quantitative estimate of drug-likeness (QED) is 0.546. The van der Waals surface area contributed by atoms with Crippen molar-refractivity contribution in [3.63, 3.8) is 0 Å². The molecule has 0 bridgehead atoms. The van der Waals surface area contributed by atoms with Crippen molar-refractivity contribution in [1.82, 2.24) is 5.01 Å². The van der Waals surface area contributed by atoms with Gasteiger partial charge in [-0.05, 0) is 11.8 Å². The van der Waals surface area contributed by atoms with Crippen LogP contribution in [-0.2, 0) is 0 Å². The van der Waals surface area contributed by atoms with Gasteiger partial charge in [-0.25, -0.2) is 0 Å². The van der Waals surface area contributed by atoms with Crippen LogP contribution in [0.1, 0.15) is 6.92 Å². The molecule has 0 saturated carbocycles. The molecule has 1 unspecified atom stereocenters. The molecule has 2 aliphatic heterocycles. The number of nitrogens with one attached hydrogen (secondary N) is 1. The van der Waals surface area contributed by atoms with Crippen LogP contribution in [0.15, 0.2) is 11.1 Å². The zero-order valence-electron chi connectivity index (χ0n) is 6.38. The van der Waals surface area contributed by atoms with Crippen LogP contribution in [0, 0.1) is 0 Å². The molecule has 2 heterocycles. The third-order valence-electron chi connectivity index (χ3n) is 1.53. The lowest BCUT2D eigenvalue weighted by atomic mass is 10.6. The highest BCUT2D eigenvalue weighted by Gasteiger charge is 2.37. The molecule has 0 saturated heterocycles. The number of allylic oxidation sites excluding steroid dienone is 1. The Kier molecular flexibility index (Phi) is 4.01. The number of rotatable bonds is 1. The van der Waals surface area contributed by atoms with E-state index in [2.05, 4.69) is 38.4 Å². The molecule has 1 N–H and O–H groups in total. The molecule has 0 aliphatic carbocycles. The van der Waals surface area contributed by atoms with Gasteiger partial charge in [-0.1, -0.05) is 27.7 Å². The van der Waals surface area contributed by atoms with E-state index < -0.39 is 0 Å². The number of fused-ring (bicyclic) bond motifs is 1. The number of hydrazine groups is 1. The number of thioether (sulfide) groups is 2. The first-order valence-corrected chi connectivity index (χ1v) is 6.22. The molecule has 0 fully saturated rings. The van der Waals surface area contributed by atoms with Gasteiger partial charge >= 0.3 is 0 Å². The number of nitrogens with zero attached hydrogens (tertiary/aromatic N) is 1. The highest BCUT2D eigenvalue weighted by Crippen LogP contribution is 2.37. The van der Waals surface area contributed by atoms with Crippen molar-refractivity contribution in [3.8, 4) is 0 Å². The number of hydrazone groups is 1. The predicted octanol–water partition coefficient (Wildman–Crippen LogP) is -2.28. The fourth-order valence-corrected chi connectivity index (χ4v) is 4.03. The van der Waals surface area contributed by atoms with Gasteiger partial charge in [0.15, 0.2) is 4.71 Å². The molecule has 2 nitrogen and oxygen atoms in total. The van der Waals surface area contributed by atoms with Crippen molar-refractivity contribution in [2.75, 3.05) is 5.33 Å². The second-order valence-electron chi connectivity index (χ2n) is 2.34. The second kappa shape index (κ2) is 4.39. The molecule has 0 spiro atoms. The zero-order valence-corrected chi connectivity index (χ0v) is 11.2. The molecule has 0 aromatic heterocycles. The van der Waals surface area contributed by atoms with Crippen LogP contribution in [0.5, 0.6) is 0 Å². The van der Waals surface area contributed by atoms with Crippen LogP contribution in [0.4, 0.5) is 0 Å². The van der Waals surface area contributed by atoms with Gasteiger partial charge in [0.2, 0.25) is 5.04 Å².